The number of benzene rings is 1. The van der Waals surface area contributed by atoms with Crippen LogP contribution in [-0.4, -0.2) is 14.8 Å². The van der Waals surface area contributed by atoms with Crippen LogP contribution >= 0.6 is 46.3 Å². The van der Waals surface area contributed by atoms with Crippen molar-refractivity contribution in [2.75, 3.05) is 0 Å². The molecule has 0 radical (unpaired) electrons. The van der Waals surface area contributed by atoms with Gasteiger partial charge in [0.15, 0.2) is 11.0 Å². The van der Waals surface area contributed by atoms with E-state index in [1.807, 2.05) is 18.2 Å². The number of thioether (sulfide) groups is 1. The molecule has 0 fully saturated rings. The van der Waals surface area contributed by atoms with Crippen LogP contribution in [0, 0.1) is 0 Å². The Morgan fingerprint density at radius 1 is 1.08 bits per heavy atom. The highest BCUT2D eigenvalue weighted by Crippen LogP contribution is 2.31. The number of thiophene rings is 1. The van der Waals surface area contributed by atoms with Crippen molar-refractivity contribution in [3.8, 4) is 11.4 Å². The summed E-state index contributed by atoms with van der Waals surface area (Å²) in [5.41, 5.74) is 2.29. The predicted octanol–water partition coefficient (Wildman–Crippen LogP) is 6.97. The molecule has 0 aliphatic carbocycles. The second-order valence-electron chi connectivity index (χ2n) is 6.05. The van der Waals surface area contributed by atoms with Crippen LogP contribution in [0.5, 0.6) is 0 Å². The van der Waals surface area contributed by atoms with E-state index in [0.717, 1.165) is 48.1 Å². The molecule has 0 bridgehead atoms. The number of aromatic nitrogens is 3. The maximum atomic E-state index is 6.12. The lowest BCUT2D eigenvalue weighted by atomic mass is 10.2. The van der Waals surface area contributed by atoms with E-state index in [9.17, 15) is 0 Å². The van der Waals surface area contributed by atoms with Gasteiger partial charge in [-0.15, -0.1) is 21.5 Å². The lowest BCUT2D eigenvalue weighted by Gasteiger charge is -2.08. The summed E-state index contributed by atoms with van der Waals surface area (Å²) in [6, 6.07) is 7.99. The highest BCUT2D eigenvalue weighted by molar-refractivity contribution is 7.98. The molecule has 0 amide bonds. The molecular formula is C19H21Cl2N3S2. The van der Waals surface area contributed by atoms with Crippen molar-refractivity contribution in [3.63, 3.8) is 0 Å². The third-order valence-electron chi connectivity index (χ3n) is 3.92. The quantitative estimate of drug-likeness (QED) is 0.365. The zero-order valence-electron chi connectivity index (χ0n) is 14.8. The van der Waals surface area contributed by atoms with Gasteiger partial charge < -0.3 is 4.57 Å². The fourth-order valence-corrected chi connectivity index (χ4v) is 4.88. The van der Waals surface area contributed by atoms with Crippen molar-refractivity contribution in [2.24, 2.45) is 0 Å². The van der Waals surface area contributed by atoms with Gasteiger partial charge in [-0.1, -0.05) is 61.3 Å². The highest BCUT2D eigenvalue weighted by Gasteiger charge is 2.15. The van der Waals surface area contributed by atoms with Gasteiger partial charge in [0, 0.05) is 28.1 Å². The van der Waals surface area contributed by atoms with Crippen LogP contribution in [-0.2, 0) is 18.7 Å². The van der Waals surface area contributed by atoms with Gasteiger partial charge in [0.05, 0.1) is 10.0 Å². The van der Waals surface area contributed by atoms with Crippen molar-refractivity contribution < 1.29 is 0 Å². The van der Waals surface area contributed by atoms with E-state index in [1.54, 1.807) is 23.1 Å². The van der Waals surface area contributed by atoms with Gasteiger partial charge in [-0.3, -0.25) is 0 Å². The van der Waals surface area contributed by atoms with Gasteiger partial charge in [-0.25, -0.2) is 0 Å². The molecule has 0 aliphatic rings. The van der Waals surface area contributed by atoms with Crippen LogP contribution in [0.25, 0.3) is 11.4 Å². The minimum absolute atomic E-state index is 0.581. The number of hydrogen-bond donors (Lipinski definition) is 0. The molecule has 2 heterocycles. The summed E-state index contributed by atoms with van der Waals surface area (Å²) in [6.45, 7) is 5.29. The summed E-state index contributed by atoms with van der Waals surface area (Å²) >= 11 is 15.6. The standard InChI is InChI=1S/C19H21Cl2N3S2/c1-3-5-15-10-14(12-25-15)18-22-23-19(24(18)8-4-2)26-11-13-6-7-16(20)17(21)9-13/h6-7,9-10,12H,3-5,8,11H2,1-2H3. The number of hydrogen-bond acceptors (Lipinski definition) is 4. The SMILES string of the molecule is CCCc1cc(-c2nnc(SCc3ccc(Cl)c(Cl)c3)n2CCC)cs1. The van der Waals surface area contributed by atoms with Crippen LogP contribution in [0.2, 0.25) is 10.0 Å². The van der Waals surface area contributed by atoms with E-state index in [-0.39, 0.29) is 0 Å². The molecule has 7 heteroatoms. The van der Waals surface area contributed by atoms with Crippen LogP contribution in [0.3, 0.4) is 0 Å². The molecule has 3 aromatic rings. The lowest BCUT2D eigenvalue weighted by Crippen LogP contribution is -2.01. The zero-order chi connectivity index (χ0) is 18.5. The minimum atomic E-state index is 0.581. The van der Waals surface area contributed by atoms with Crippen LogP contribution in [0.4, 0.5) is 0 Å². The molecule has 3 nitrogen and oxygen atoms in total. The van der Waals surface area contributed by atoms with E-state index in [1.165, 1.54) is 10.4 Å². The Kier molecular flexibility index (Phi) is 7.04. The average molecular weight is 426 g/mol. The molecule has 138 valence electrons. The van der Waals surface area contributed by atoms with E-state index in [4.69, 9.17) is 23.2 Å². The Labute approximate surface area is 172 Å². The average Bonchev–Trinajstić information content (AvgIpc) is 3.24. The fraction of sp³-hybridized carbons (Fsp3) is 0.368. The Balaban J connectivity index is 1.80. The monoisotopic (exact) mass is 425 g/mol. The number of halogens is 2. The Hall–Kier alpha value is -1.01. The first-order chi connectivity index (χ1) is 12.6. The van der Waals surface area contributed by atoms with Gasteiger partial charge in [-0.05, 0) is 36.6 Å². The minimum Gasteiger partial charge on any atom is -0.302 e. The van der Waals surface area contributed by atoms with Crippen LogP contribution in [0.1, 0.15) is 37.1 Å². The Morgan fingerprint density at radius 2 is 1.92 bits per heavy atom. The predicted molar refractivity (Wildman–Crippen MR) is 114 cm³/mol. The molecule has 1 aromatic carbocycles. The molecule has 0 spiro atoms. The molecule has 0 N–H and O–H groups in total. The normalized spacial score (nSPS) is 11.2. The van der Waals surface area contributed by atoms with Gasteiger partial charge in [0.1, 0.15) is 0 Å². The first-order valence-electron chi connectivity index (χ1n) is 8.70. The largest absolute Gasteiger partial charge is 0.302 e. The summed E-state index contributed by atoms with van der Waals surface area (Å²) in [4.78, 5) is 1.40. The third kappa shape index (κ3) is 4.63. The van der Waals surface area contributed by atoms with Crippen molar-refractivity contribution in [1.29, 1.82) is 0 Å². The van der Waals surface area contributed by atoms with Gasteiger partial charge >= 0.3 is 0 Å². The molecule has 0 unspecified atom stereocenters. The summed E-state index contributed by atoms with van der Waals surface area (Å²) in [5.74, 6) is 1.74. The van der Waals surface area contributed by atoms with E-state index < -0.39 is 0 Å². The first kappa shape index (κ1) is 19.7. The topological polar surface area (TPSA) is 30.7 Å². The maximum Gasteiger partial charge on any atom is 0.191 e. The van der Waals surface area contributed by atoms with E-state index in [2.05, 4.69) is 40.1 Å². The van der Waals surface area contributed by atoms with Crippen LogP contribution in [0.15, 0.2) is 34.8 Å². The number of aryl methyl sites for hydroxylation is 1. The maximum absolute atomic E-state index is 6.12. The van der Waals surface area contributed by atoms with Crippen molar-refractivity contribution in [3.05, 3.63) is 50.1 Å². The molecule has 0 saturated heterocycles. The summed E-state index contributed by atoms with van der Waals surface area (Å²) in [7, 11) is 0. The van der Waals surface area contributed by atoms with Crippen LogP contribution < -0.4 is 0 Å². The smallest absolute Gasteiger partial charge is 0.191 e. The van der Waals surface area contributed by atoms with E-state index in [0.29, 0.717) is 10.0 Å². The molecule has 26 heavy (non-hydrogen) atoms. The Morgan fingerprint density at radius 3 is 2.65 bits per heavy atom. The van der Waals surface area contributed by atoms with Gasteiger partial charge in [0.25, 0.3) is 0 Å². The van der Waals surface area contributed by atoms with Gasteiger partial charge in [-0.2, -0.15) is 0 Å². The molecule has 0 atom stereocenters. The zero-order valence-corrected chi connectivity index (χ0v) is 18.0. The lowest BCUT2D eigenvalue weighted by molar-refractivity contribution is 0.626. The van der Waals surface area contributed by atoms with E-state index >= 15 is 0 Å². The summed E-state index contributed by atoms with van der Waals surface area (Å²) in [5, 5.41) is 13.2. The molecule has 0 aliphatic heterocycles. The summed E-state index contributed by atoms with van der Waals surface area (Å²) < 4.78 is 2.22. The second-order valence-corrected chi connectivity index (χ2v) is 8.80. The van der Waals surface area contributed by atoms with Crippen molar-refractivity contribution in [1.82, 2.24) is 14.8 Å². The summed E-state index contributed by atoms with van der Waals surface area (Å²) in [6.07, 6.45) is 3.31. The van der Waals surface area contributed by atoms with Crippen molar-refractivity contribution >= 4 is 46.3 Å². The highest BCUT2D eigenvalue weighted by atomic mass is 35.5. The van der Waals surface area contributed by atoms with Crippen molar-refractivity contribution in [2.45, 2.75) is 50.6 Å². The Bertz CT molecular complexity index is 874. The molecule has 3 rings (SSSR count). The first-order valence-corrected chi connectivity index (χ1v) is 11.3. The molecular weight excluding hydrogens is 405 g/mol. The number of rotatable bonds is 8. The van der Waals surface area contributed by atoms with Gasteiger partial charge in [0.2, 0.25) is 0 Å². The fourth-order valence-electron chi connectivity index (χ4n) is 2.69. The third-order valence-corrected chi connectivity index (χ3v) is 6.70. The second kappa shape index (κ2) is 9.27. The molecule has 2 aromatic heterocycles. The molecule has 0 saturated carbocycles. The number of nitrogens with zero attached hydrogens (tertiary/aromatic N) is 3.